The number of nitrogens with zero attached hydrogens (tertiary/aromatic N) is 2. The van der Waals surface area contributed by atoms with Crippen LogP contribution >= 0.6 is 0 Å². The third-order valence-corrected chi connectivity index (χ3v) is 6.10. The van der Waals surface area contributed by atoms with Gasteiger partial charge in [-0.25, -0.2) is 9.80 Å². The summed E-state index contributed by atoms with van der Waals surface area (Å²) in [5.41, 5.74) is 4.37. The number of hydrogen-bond acceptors (Lipinski definition) is 7. The van der Waals surface area contributed by atoms with Crippen LogP contribution in [0.15, 0.2) is 71.8 Å². The van der Waals surface area contributed by atoms with Crippen LogP contribution in [0.4, 0.5) is 0 Å². The maximum Gasteiger partial charge on any atom is 0.337 e. The molecule has 7 heteroatoms. The minimum absolute atomic E-state index is 0.0179. The van der Waals surface area contributed by atoms with Crippen LogP contribution in [0.25, 0.3) is 0 Å². The average molecular weight is 459 g/mol. The Hall–Kier alpha value is -4.00. The van der Waals surface area contributed by atoms with Gasteiger partial charge in [-0.15, -0.1) is 0 Å². The van der Waals surface area contributed by atoms with Crippen molar-refractivity contribution in [3.63, 3.8) is 0 Å². The first-order valence-electron chi connectivity index (χ1n) is 11.2. The number of ether oxygens (including phenoxy) is 4. The smallest absolute Gasteiger partial charge is 0.337 e. The summed E-state index contributed by atoms with van der Waals surface area (Å²) in [6.45, 7) is 2.50. The normalized spacial score (nSPS) is 18.3. The highest BCUT2D eigenvalue weighted by atomic mass is 16.5. The molecular formula is C27H26N2O5. The van der Waals surface area contributed by atoms with Gasteiger partial charge in [0, 0.05) is 23.1 Å². The lowest BCUT2D eigenvalue weighted by Crippen LogP contribution is -2.34. The first-order chi connectivity index (χ1) is 16.6. The molecule has 0 fully saturated rings. The Balaban J connectivity index is 1.57. The molecule has 0 N–H and O–H groups in total. The van der Waals surface area contributed by atoms with E-state index in [0.29, 0.717) is 17.9 Å². The van der Waals surface area contributed by atoms with E-state index in [4.69, 9.17) is 24.0 Å². The number of carbonyl (C=O) groups excluding carboxylic acids is 1. The van der Waals surface area contributed by atoms with E-state index >= 15 is 0 Å². The molecule has 0 saturated heterocycles. The Morgan fingerprint density at radius 1 is 1.09 bits per heavy atom. The summed E-state index contributed by atoms with van der Waals surface area (Å²) in [5.74, 6) is 1.85. The van der Waals surface area contributed by atoms with Gasteiger partial charge < -0.3 is 18.9 Å². The van der Waals surface area contributed by atoms with E-state index in [-0.39, 0.29) is 12.0 Å². The molecular weight excluding hydrogens is 432 g/mol. The van der Waals surface area contributed by atoms with Crippen molar-refractivity contribution in [1.82, 2.24) is 5.01 Å². The summed E-state index contributed by atoms with van der Waals surface area (Å²) in [6.07, 6.45) is 0.240. The second-order valence-electron chi connectivity index (χ2n) is 8.07. The molecule has 0 saturated carbocycles. The standard InChI is InChI=1S/C27H26N2O5/c1-4-33-24-10-6-9-21-23-16-22(19-7-5-8-20(15-19)31-2)28-29(23)26(34-25(21)24)17-11-13-18(14-12-17)27(30)32-3/h5-15,23,26H,4,16H2,1-3H3/t23-,26-/m1/s1. The van der Waals surface area contributed by atoms with Gasteiger partial charge in [0.2, 0.25) is 6.23 Å². The molecule has 0 bridgehead atoms. The average Bonchev–Trinajstić information content (AvgIpc) is 3.34. The van der Waals surface area contributed by atoms with Gasteiger partial charge in [0.15, 0.2) is 11.5 Å². The number of para-hydroxylation sites is 1. The third kappa shape index (κ3) is 3.83. The van der Waals surface area contributed by atoms with E-state index in [1.165, 1.54) is 7.11 Å². The molecule has 2 aliphatic rings. The molecule has 2 atom stereocenters. The van der Waals surface area contributed by atoms with E-state index < -0.39 is 6.23 Å². The monoisotopic (exact) mass is 458 g/mol. The topological polar surface area (TPSA) is 69.6 Å². The molecule has 7 nitrogen and oxygen atoms in total. The Morgan fingerprint density at radius 2 is 1.88 bits per heavy atom. The summed E-state index contributed by atoms with van der Waals surface area (Å²) < 4.78 is 22.7. The summed E-state index contributed by atoms with van der Waals surface area (Å²) in [6, 6.07) is 21.1. The Labute approximate surface area is 198 Å². The van der Waals surface area contributed by atoms with Crippen molar-refractivity contribution in [2.45, 2.75) is 25.6 Å². The lowest BCUT2D eigenvalue weighted by Gasteiger charge is -2.38. The summed E-state index contributed by atoms with van der Waals surface area (Å²) in [5, 5.41) is 7.00. The molecule has 34 heavy (non-hydrogen) atoms. The van der Waals surface area contributed by atoms with Gasteiger partial charge in [0.05, 0.1) is 38.1 Å². The predicted octanol–water partition coefficient (Wildman–Crippen LogP) is 5.12. The number of carbonyl (C=O) groups is 1. The molecule has 0 spiro atoms. The third-order valence-electron chi connectivity index (χ3n) is 6.10. The van der Waals surface area contributed by atoms with Crippen LogP contribution in [0.5, 0.6) is 17.2 Å². The van der Waals surface area contributed by atoms with Crippen LogP contribution < -0.4 is 14.2 Å². The molecule has 2 heterocycles. The lowest BCUT2D eigenvalue weighted by molar-refractivity contribution is -0.0212. The van der Waals surface area contributed by atoms with E-state index in [1.54, 1.807) is 19.2 Å². The first-order valence-corrected chi connectivity index (χ1v) is 11.2. The van der Waals surface area contributed by atoms with Crippen molar-refractivity contribution in [3.8, 4) is 17.2 Å². The molecule has 0 aromatic heterocycles. The van der Waals surface area contributed by atoms with Gasteiger partial charge in [-0.3, -0.25) is 0 Å². The van der Waals surface area contributed by atoms with E-state index in [9.17, 15) is 4.79 Å². The number of methoxy groups -OCH3 is 2. The van der Waals surface area contributed by atoms with Crippen LogP contribution in [-0.4, -0.2) is 37.5 Å². The van der Waals surface area contributed by atoms with Gasteiger partial charge in [0.25, 0.3) is 0 Å². The van der Waals surface area contributed by atoms with Crippen LogP contribution in [0.1, 0.15) is 52.7 Å². The van der Waals surface area contributed by atoms with Crippen molar-refractivity contribution in [1.29, 1.82) is 0 Å². The highest BCUT2D eigenvalue weighted by Gasteiger charge is 2.42. The van der Waals surface area contributed by atoms with Crippen molar-refractivity contribution in [2.24, 2.45) is 5.10 Å². The zero-order valence-electron chi connectivity index (χ0n) is 19.4. The Kier molecular flexibility index (Phi) is 5.84. The number of esters is 1. The van der Waals surface area contributed by atoms with Gasteiger partial charge in [-0.05, 0) is 37.3 Å². The van der Waals surface area contributed by atoms with E-state index in [2.05, 4.69) is 6.07 Å². The summed E-state index contributed by atoms with van der Waals surface area (Å²) in [4.78, 5) is 11.9. The number of rotatable bonds is 6. The summed E-state index contributed by atoms with van der Waals surface area (Å²) in [7, 11) is 3.03. The molecule has 174 valence electrons. The van der Waals surface area contributed by atoms with E-state index in [1.807, 2.05) is 60.5 Å². The number of hydrogen-bond donors (Lipinski definition) is 0. The van der Waals surface area contributed by atoms with Crippen LogP contribution in [-0.2, 0) is 4.74 Å². The molecule has 5 rings (SSSR count). The largest absolute Gasteiger partial charge is 0.497 e. The van der Waals surface area contributed by atoms with Crippen molar-refractivity contribution >= 4 is 11.7 Å². The molecule has 0 amide bonds. The Bertz CT molecular complexity index is 1240. The van der Waals surface area contributed by atoms with Gasteiger partial charge in [0.1, 0.15) is 5.75 Å². The fourth-order valence-electron chi connectivity index (χ4n) is 4.45. The van der Waals surface area contributed by atoms with Crippen LogP contribution in [0, 0.1) is 0 Å². The quantitative estimate of drug-likeness (QED) is 0.478. The zero-order valence-corrected chi connectivity index (χ0v) is 19.4. The lowest BCUT2D eigenvalue weighted by atomic mass is 9.95. The van der Waals surface area contributed by atoms with Gasteiger partial charge >= 0.3 is 5.97 Å². The molecule has 3 aromatic rings. The maximum atomic E-state index is 11.9. The highest BCUT2D eigenvalue weighted by molar-refractivity contribution is 6.02. The minimum Gasteiger partial charge on any atom is -0.497 e. The highest BCUT2D eigenvalue weighted by Crippen LogP contribution is 2.50. The van der Waals surface area contributed by atoms with Crippen molar-refractivity contribution in [2.75, 3.05) is 20.8 Å². The van der Waals surface area contributed by atoms with Crippen LogP contribution in [0.3, 0.4) is 0 Å². The molecule has 0 unspecified atom stereocenters. The molecule has 2 aliphatic heterocycles. The number of benzene rings is 3. The zero-order chi connectivity index (χ0) is 23.7. The Morgan fingerprint density at radius 3 is 2.62 bits per heavy atom. The maximum absolute atomic E-state index is 11.9. The predicted molar refractivity (Wildman–Crippen MR) is 127 cm³/mol. The van der Waals surface area contributed by atoms with E-state index in [0.717, 1.165) is 40.3 Å². The number of hydrazone groups is 1. The van der Waals surface area contributed by atoms with Gasteiger partial charge in [-0.2, -0.15) is 5.10 Å². The molecule has 3 aromatic carbocycles. The SMILES string of the molecule is CCOc1cccc2c1O[C@H](c1ccc(C(=O)OC)cc1)N1N=C(c3cccc(OC)c3)C[C@H]21. The minimum atomic E-state index is -0.478. The van der Waals surface area contributed by atoms with Crippen LogP contribution in [0.2, 0.25) is 0 Å². The second-order valence-corrected chi connectivity index (χ2v) is 8.07. The number of fused-ring (bicyclic) bond motifs is 3. The van der Waals surface area contributed by atoms with Gasteiger partial charge in [-0.1, -0.05) is 36.4 Å². The van der Waals surface area contributed by atoms with Crippen molar-refractivity contribution < 1.29 is 23.7 Å². The molecule has 0 aliphatic carbocycles. The summed E-state index contributed by atoms with van der Waals surface area (Å²) >= 11 is 0. The fourth-order valence-corrected chi connectivity index (χ4v) is 4.45. The van der Waals surface area contributed by atoms with Crippen molar-refractivity contribution in [3.05, 3.63) is 89.0 Å². The fraction of sp³-hybridized carbons (Fsp3) is 0.259. The molecule has 0 radical (unpaired) electrons. The second kappa shape index (κ2) is 9.09. The first kappa shape index (κ1) is 21.8.